The molecule has 2 N–H and O–H groups in total. The number of pyridine rings is 1. The number of aromatic nitrogens is 4. The number of fused-ring (bicyclic) bond motifs is 5. The van der Waals surface area contributed by atoms with E-state index in [0.717, 1.165) is 45.2 Å². The maximum absolute atomic E-state index is 16.7. The lowest BCUT2D eigenvalue weighted by Gasteiger charge is -2.40. The number of nitrogens with one attached hydrogen (secondary N) is 1. The molecule has 9 nitrogen and oxygen atoms in total. The highest BCUT2D eigenvalue weighted by Gasteiger charge is 2.48. The number of nitrogens with zero attached hydrogens (tertiary/aromatic N) is 6. The molecule has 43 heavy (non-hydrogen) atoms. The molecule has 4 aliphatic heterocycles. The van der Waals surface area contributed by atoms with Crippen LogP contribution in [0.4, 0.5) is 14.6 Å². The van der Waals surface area contributed by atoms with E-state index in [1.807, 2.05) is 0 Å². The van der Waals surface area contributed by atoms with Crippen molar-refractivity contribution in [3.05, 3.63) is 41.2 Å². The van der Waals surface area contributed by atoms with E-state index in [4.69, 9.17) is 21.3 Å². The fraction of sp³-hybridized carbons (Fsp3) is 0.516. The molecule has 7 heterocycles. The SMILES string of the molecule is C[C@H]1CN2CCC[C@@]2(COc2nc(N3CC4CC[C@@](C)(C3)N4)c3cc(F)c(-c4cc(O)cn5ncc(Cl)c45)c(F)c3n2)C1. The smallest absolute Gasteiger partial charge is 0.319 e. The van der Waals surface area contributed by atoms with Gasteiger partial charge in [-0.2, -0.15) is 15.1 Å². The molecule has 4 aromatic rings. The van der Waals surface area contributed by atoms with E-state index in [0.29, 0.717) is 31.4 Å². The molecule has 1 unspecified atom stereocenters. The monoisotopic (exact) mass is 609 g/mol. The number of aromatic hydroxyl groups is 1. The van der Waals surface area contributed by atoms with Gasteiger partial charge in [0.1, 0.15) is 29.5 Å². The van der Waals surface area contributed by atoms with Crippen LogP contribution in [0.5, 0.6) is 11.8 Å². The van der Waals surface area contributed by atoms with E-state index in [1.54, 1.807) is 0 Å². The van der Waals surface area contributed by atoms with E-state index in [1.165, 1.54) is 29.0 Å². The molecule has 1 aromatic carbocycles. The maximum Gasteiger partial charge on any atom is 0.319 e. The standard InChI is InChI=1S/C31H34ClF2N7O2/c1-17-10-31(5-3-7-40(31)12-17)16-43-29-36-26-21(28(37-29)39-13-18-4-6-30(2,15-39)38-18)9-23(33)24(25(26)34)20-8-19(42)14-41-27(20)22(32)11-35-41/h8-9,11,14,17-18,38,42H,3-7,10,12-13,15-16H2,1-2H3/t17-,18?,30+,31+/m1/s1. The molecule has 0 radical (unpaired) electrons. The van der Waals surface area contributed by atoms with Crippen molar-refractivity contribution in [2.45, 2.75) is 63.1 Å². The van der Waals surface area contributed by atoms with Crippen LogP contribution in [0.3, 0.4) is 0 Å². The number of halogens is 3. The van der Waals surface area contributed by atoms with Gasteiger partial charge in [-0.25, -0.2) is 13.3 Å². The lowest BCUT2D eigenvalue weighted by atomic mass is 9.92. The predicted molar refractivity (Wildman–Crippen MR) is 160 cm³/mol. The zero-order valence-electron chi connectivity index (χ0n) is 24.2. The highest BCUT2D eigenvalue weighted by atomic mass is 35.5. The van der Waals surface area contributed by atoms with Crippen molar-refractivity contribution in [2.75, 3.05) is 37.7 Å². The van der Waals surface area contributed by atoms with Crippen molar-refractivity contribution in [3.8, 4) is 22.9 Å². The van der Waals surface area contributed by atoms with Gasteiger partial charge in [0.25, 0.3) is 0 Å². The molecule has 4 fully saturated rings. The van der Waals surface area contributed by atoms with Crippen molar-refractivity contribution in [1.29, 1.82) is 0 Å². The summed E-state index contributed by atoms with van der Waals surface area (Å²) in [6, 6.07) is 2.93. The van der Waals surface area contributed by atoms with Crippen LogP contribution in [0.2, 0.25) is 5.02 Å². The zero-order chi connectivity index (χ0) is 29.7. The summed E-state index contributed by atoms with van der Waals surface area (Å²) in [5.41, 5.74) is -0.209. The molecular weight excluding hydrogens is 576 g/mol. The van der Waals surface area contributed by atoms with Gasteiger partial charge in [0.05, 0.1) is 34.0 Å². The second kappa shape index (κ2) is 9.61. The van der Waals surface area contributed by atoms with Crippen molar-refractivity contribution in [2.24, 2.45) is 5.92 Å². The molecule has 0 spiro atoms. The van der Waals surface area contributed by atoms with Crippen LogP contribution < -0.4 is 15.0 Å². The molecule has 226 valence electrons. The maximum atomic E-state index is 16.7. The third kappa shape index (κ3) is 4.34. The van der Waals surface area contributed by atoms with Gasteiger partial charge in [0.2, 0.25) is 0 Å². The lowest BCUT2D eigenvalue weighted by Crippen LogP contribution is -2.58. The first-order valence-corrected chi connectivity index (χ1v) is 15.5. The van der Waals surface area contributed by atoms with Gasteiger partial charge in [-0.3, -0.25) is 4.90 Å². The topological polar surface area (TPSA) is 91.0 Å². The Hall–Kier alpha value is -3.28. The minimum Gasteiger partial charge on any atom is -0.506 e. The lowest BCUT2D eigenvalue weighted by molar-refractivity contribution is 0.107. The Bertz CT molecular complexity index is 1780. The first-order valence-electron chi connectivity index (χ1n) is 15.1. The summed E-state index contributed by atoms with van der Waals surface area (Å²) in [6.45, 7) is 8.26. The zero-order valence-corrected chi connectivity index (χ0v) is 25.0. The summed E-state index contributed by atoms with van der Waals surface area (Å²) in [7, 11) is 0. The van der Waals surface area contributed by atoms with Crippen molar-refractivity contribution < 1.29 is 18.6 Å². The molecule has 4 aliphatic rings. The normalized spacial score (nSPS) is 28.8. The number of rotatable bonds is 5. The third-order valence-corrected chi connectivity index (χ3v) is 10.3. The number of anilines is 1. The summed E-state index contributed by atoms with van der Waals surface area (Å²) >= 11 is 6.39. The fourth-order valence-electron chi connectivity index (χ4n) is 8.30. The van der Waals surface area contributed by atoms with Crippen molar-refractivity contribution >= 4 is 33.8 Å². The summed E-state index contributed by atoms with van der Waals surface area (Å²) in [6.07, 6.45) is 7.95. The van der Waals surface area contributed by atoms with Crippen LogP contribution in [0, 0.1) is 17.6 Å². The molecule has 0 saturated carbocycles. The molecule has 4 saturated heterocycles. The van der Waals surface area contributed by atoms with E-state index < -0.39 is 11.6 Å². The van der Waals surface area contributed by atoms with E-state index >= 15 is 8.78 Å². The minimum absolute atomic E-state index is 0.0369. The quantitative estimate of drug-likeness (QED) is 0.321. The van der Waals surface area contributed by atoms with Crippen molar-refractivity contribution in [1.82, 2.24) is 29.8 Å². The summed E-state index contributed by atoms with van der Waals surface area (Å²) in [5.74, 6) is -0.838. The van der Waals surface area contributed by atoms with Crippen LogP contribution in [-0.2, 0) is 0 Å². The molecule has 2 bridgehead atoms. The summed E-state index contributed by atoms with van der Waals surface area (Å²) in [5, 5.41) is 18.7. The van der Waals surface area contributed by atoms with Gasteiger partial charge in [-0.15, -0.1) is 0 Å². The van der Waals surface area contributed by atoms with Gasteiger partial charge in [-0.1, -0.05) is 18.5 Å². The molecule has 12 heteroatoms. The van der Waals surface area contributed by atoms with Gasteiger partial charge in [-0.05, 0) is 63.6 Å². The highest BCUT2D eigenvalue weighted by molar-refractivity contribution is 6.34. The Kier molecular flexibility index (Phi) is 6.10. The second-order valence-corrected chi connectivity index (χ2v) is 13.8. The minimum atomic E-state index is -0.868. The number of piperazine rings is 1. The van der Waals surface area contributed by atoms with Gasteiger partial charge >= 0.3 is 6.01 Å². The van der Waals surface area contributed by atoms with Gasteiger partial charge in [0, 0.05) is 42.2 Å². The average molecular weight is 610 g/mol. The van der Waals surface area contributed by atoms with E-state index in [-0.39, 0.29) is 61.4 Å². The highest BCUT2D eigenvalue weighted by Crippen LogP contribution is 2.43. The number of ether oxygens (including phenoxy) is 1. The van der Waals surface area contributed by atoms with Gasteiger partial charge < -0.3 is 20.1 Å². The summed E-state index contributed by atoms with van der Waals surface area (Å²) < 4.78 is 40.4. The van der Waals surface area contributed by atoms with Gasteiger partial charge in [0.15, 0.2) is 5.82 Å². The molecule has 4 atom stereocenters. The van der Waals surface area contributed by atoms with E-state index in [2.05, 4.69) is 39.0 Å². The first-order chi connectivity index (χ1) is 20.6. The first kappa shape index (κ1) is 27.3. The Morgan fingerprint density at radius 3 is 2.91 bits per heavy atom. The van der Waals surface area contributed by atoms with E-state index in [9.17, 15) is 5.11 Å². The molecule has 0 aliphatic carbocycles. The van der Waals surface area contributed by atoms with Crippen LogP contribution in [-0.4, -0.2) is 79.5 Å². The number of hydrogen-bond donors (Lipinski definition) is 2. The summed E-state index contributed by atoms with van der Waals surface area (Å²) in [4.78, 5) is 14.0. The average Bonchev–Trinajstić information content (AvgIpc) is 3.68. The Labute approximate surface area is 252 Å². The Morgan fingerprint density at radius 1 is 1.21 bits per heavy atom. The predicted octanol–water partition coefficient (Wildman–Crippen LogP) is 5.17. The fourth-order valence-corrected chi connectivity index (χ4v) is 8.53. The second-order valence-electron chi connectivity index (χ2n) is 13.4. The molecular formula is C31H34ClF2N7O2. The molecule has 3 aromatic heterocycles. The molecule has 0 amide bonds. The van der Waals surface area contributed by atoms with Crippen LogP contribution >= 0.6 is 11.6 Å². The largest absolute Gasteiger partial charge is 0.506 e. The Balaban J connectivity index is 1.28. The Morgan fingerprint density at radius 2 is 2.07 bits per heavy atom. The van der Waals surface area contributed by atoms with Crippen LogP contribution in [0.15, 0.2) is 24.5 Å². The molecule has 8 rings (SSSR count). The van der Waals surface area contributed by atoms with Crippen LogP contribution in [0.25, 0.3) is 27.5 Å². The number of benzene rings is 1. The van der Waals surface area contributed by atoms with Crippen LogP contribution in [0.1, 0.15) is 46.0 Å². The third-order valence-electron chi connectivity index (χ3n) is 10.0. The van der Waals surface area contributed by atoms with Crippen molar-refractivity contribution in [3.63, 3.8) is 0 Å². The number of hydrogen-bond acceptors (Lipinski definition) is 8.